The molecule has 92 valence electrons. The zero-order valence-corrected chi connectivity index (χ0v) is 11.3. The van der Waals surface area contributed by atoms with E-state index in [4.69, 9.17) is 11.6 Å². The van der Waals surface area contributed by atoms with Crippen molar-refractivity contribution < 1.29 is 9.18 Å². The summed E-state index contributed by atoms with van der Waals surface area (Å²) in [5, 5.41) is 2.75. The molecule has 0 fully saturated rings. The number of aromatic nitrogens is 1. The summed E-state index contributed by atoms with van der Waals surface area (Å²) in [6.07, 6.45) is 1.33. The second kappa shape index (κ2) is 5.46. The molecule has 0 aliphatic carbocycles. The van der Waals surface area contributed by atoms with E-state index < -0.39 is 11.7 Å². The van der Waals surface area contributed by atoms with Gasteiger partial charge in [-0.2, -0.15) is 0 Å². The summed E-state index contributed by atoms with van der Waals surface area (Å²) in [7, 11) is 0. The maximum atomic E-state index is 13.4. The number of anilines is 1. The lowest BCUT2D eigenvalue weighted by Gasteiger charge is -2.06. The van der Waals surface area contributed by atoms with Gasteiger partial charge in [0.1, 0.15) is 11.0 Å². The van der Waals surface area contributed by atoms with Gasteiger partial charge in [0.15, 0.2) is 0 Å². The summed E-state index contributed by atoms with van der Waals surface area (Å²) in [6.45, 7) is 0. The Hall–Kier alpha value is -1.46. The summed E-state index contributed by atoms with van der Waals surface area (Å²) in [4.78, 5) is 15.6. The van der Waals surface area contributed by atoms with Crippen molar-refractivity contribution in [2.75, 3.05) is 5.32 Å². The molecule has 2 rings (SSSR count). The minimum absolute atomic E-state index is 0.101. The van der Waals surface area contributed by atoms with Gasteiger partial charge in [0.25, 0.3) is 5.91 Å². The molecular weight excluding hydrogens is 322 g/mol. The predicted molar refractivity (Wildman–Crippen MR) is 71.3 cm³/mol. The molecule has 0 atom stereocenters. The van der Waals surface area contributed by atoms with Crippen LogP contribution in [0.5, 0.6) is 0 Å². The summed E-state index contributed by atoms with van der Waals surface area (Å²) in [6, 6.07) is 7.31. The predicted octanol–water partition coefficient (Wildman–Crippen LogP) is 3.89. The van der Waals surface area contributed by atoms with Gasteiger partial charge >= 0.3 is 0 Å². The van der Waals surface area contributed by atoms with E-state index in [1.54, 1.807) is 6.07 Å². The fourth-order valence-electron chi connectivity index (χ4n) is 1.30. The zero-order valence-electron chi connectivity index (χ0n) is 8.95. The van der Waals surface area contributed by atoms with Gasteiger partial charge in [-0.3, -0.25) is 4.79 Å². The van der Waals surface area contributed by atoms with Crippen molar-refractivity contribution in [3.63, 3.8) is 0 Å². The molecule has 3 nitrogen and oxygen atoms in total. The summed E-state index contributed by atoms with van der Waals surface area (Å²) < 4.78 is 14.1. The number of halogens is 3. The topological polar surface area (TPSA) is 42.0 Å². The second-order valence-electron chi connectivity index (χ2n) is 3.45. The van der Waals surface area contributed by atoms with E-state index in [-0.39, 0.29) is 5.69 Å². The normalized spacial score (nSPS) is 10.2. The highest BCUT2D eigenvalue weighted by Crippen LogP contribution is 2.20. The lowest BCUT2D eigenvalue weighted by Crippen LogP contribution is -2.13. The molecule has 1 heterocycles. The van der Waals surface area contributed by atoms with Crippen molar-refractivity contribution in [2.24, 2.45) is 0 Å². The lowest BCUT2D eigenvalue weighted by molar-refractivity contribution is 0.102. The van der Waals surface area contributed by atoms with E-state index >= 15 is 0 Å². The van der Waals surface area contributed by atoms with E-state index in [0.717, 1.165) is 0 Å². The molecule has 6 heteroatoms. The Balaban J connectivity index is 2.21. The van der Waals surface area contributed by atoms with Crippen molar-refractivity contribution in [3.05, 3.63) is 57.5 Å². The molecule has 0 saturated heterocycles. The van der Waals surface area contributed by atoms with Gasteiger partial charge in [-0.15, -0.1) is 0 Å². The molecule has 0 bridgehead atoms. The Morgan fingerprint density at radius 1 is 1.33 bits per heavy atom. The SMILES string of the molecule is O=C(Nc1cc(Br)ccc1F)c1ccc(Cl)nc1. The summed E-state index contributed by atoms with van der Waals surface area (Å²) in [5.74, 6) is -0.954. The van der Waals surface area contributed by atoms with Gasteiger partial charge in [0.2, 0.25) is 0 Å². The minimum Gasteiger partial charge on any atom is -0.319 e. The van der Waals surface area contributed by atoms with Crippen molar-refractivity contribution >= 4 is 39.1 Å². The molecule has 0 aliphatic rings. The van der Waals surface area contributed by atoms with Crippen molar-refractivity contribution in [2.45, 2.75) is 0 Å². The number of nitrogens with one attached hydrogen (secondary N) is 1. The Labute approximate surface area is 116 Å². The number of benzene rings is 1. The van der Waals surface area contributed by atoms with Crippen LogP contribution in [-0.4, -0.2) is 10.9 Å². The third-order valence-electron chi connectivity index (χ3n) is 2.17. The van der Waals surface area contributed by atoms with E-state index in [9.17, 15) is 9.18 Å². The summed E-state index contributed by atoms with van der Waals surface area (Å²) >= 11 is 8.82. The van der Waals surface area contributed by atoms with Gasteiger partial charge in [-0.1, -0.05) is 27.5 Å². The number of pyridine rings is 1. The van der Waals surface area contributed by atoms with E-state index in [0.29, 0.717) is 15.2 Å². The van der Waals surface area contributed by atoms with Crippen LogP contribution in [0.4, 0.5) is 10.1 Å². The molecule has 0 unspecified atom stereocenters. The third kappa shape index (κ3) is 3.05. The molecule has 0 aliphatic heterocycles. The number of rotatable bonds is 2. The van der Waals surface area contributed by atoms with Gasteiger partial charge < -0.3 is 5.32 Å². The molecule has 1 amide bonds. The smallest absolute Gasteiger partial charge is 0.257 e. The Morgan fingerprint density at radius 2 is 2.11 bits per heavy atom. The fourth-order valence-corrected chi connectivity index (χ4v) is 1.77. The third-order valence-corrected chi connectivity index (χ3v) is 2.88. The molecule has 0 radical (unpaired) electrons. The van der Waals surface area contributed by atoms with Crippen LogP contribution in [0, 0.1) is 5.82 Å². The Morgan fingerprint density at radius 3 is 2.78 bits per heavy atom. The van der Waals surface area contributed by atoms with Gasteiger partial charge in [0, 0.05) is 10.7 Å². The largest absolute Gasteiger partial charge is 0.319 e. The maximum Gasteiger partial charge on any atom is 0.257 e. The average molecular weight is 330 g/mol. The number of carbonyl (C=O) groups is 1. The van der Waals surface area contributed by atoms with Crippen LogP contribution >= 0.6 is 27.5 Å². The lowest BCUT2D eigenvalue weighted by atomic mass is 10.2. The molecule has 0 saturated carbocycles. The van der Waals surface area contributed by atoms with E-state index in [2.05, 4.69) is 26.2 Å². The Kier molecular flexibility index (Phi) is 3.93. The number of carbonyl (C=O) groups excluding carboxylic acids is 1. The van der Waals surface area contributed by atoms with Crippen molar-refractivity contribution in [3.8, 4) is 0 Å². The molecular formula is C12H7BrClFN2O. The highest BCUT2D eigenvalue weighted by Gasteiger charge is 2.10. The zero-order chi connectivity index (χ0) is 13.1. The highest BCUT2D eigenvalue weighted by molar-refractivity contribution is 9.10. The standard InChI is InChI=1S/C12H7BrClFN2O/c13-8-2-3-9(15)10(5-8)17-12(18)7-1-4-11(14)16-6-7/h1-6H,(H,17,18). The molecule has 1 N–H and O–H groups in total. The van der Waals surface area contributed by atoms with E-state index in [1.807, 2.05) is 0 Å². The van der Waals surface area contributed by atoms with Gasteiger partial charge in [-0.25, -0.2) is 9.37 Å². The molecule has 18 heavy (non-hydrogen) atoms. The number of hydrogen-bond acceptors (Lipinski definition) is 2. The van der Waals surface area contributed by atoms with E-state index in [1.165, 1.54) is 30.5 Å². The van der Waals surface area contributed by atoms with Gasteiger partial charge in [0.05, 0.1) is 11.3 Å². The second-order valence-corrected chi connectivity index (χ2v) is 4.75. The molecule has 0 spiro atoms. The quantitative estimate of drug-likeness (QED) is 0.849. The molecule has 2 aromatic rings. The number of nitrogens with zero attached hydrogens (tertiary/aromatic N) is 1. The van der Waals surface area contributed by atoms with Crippen LogP contribution < -0.4 is 5.32 Å². The maximum absolute atomic E-state index is 13.4. The van der Waals surface area contributed by atoms with Crippen LogP contribution in [-0.2, 0) is 0 Å². The minimum atomic E-state index is -0.506. The van der Waals surface area contributed by atoms with Crippen LogP contribution in [0.25, 0.3) is 0 Å². The fraction of sp³-hybridized carbons (Fsp3) is 0. The first-order valence-corrected chi connectivity index (χ1v) is 6.11. The number of hydrogen-bond donors (Lipinski definition) is 1. The van der Waals surface area contributed by atoms with Crippen LogP contribution in [0.3, 0.4) is 0 Å². The first-order valence-electron chi connectivity index (χ1n) is 4.94. The number of amides is 1. The van der Waals surface area contributed by atoms with Crippen molar-refractivity contribution in [1.82, 2.24) is 4.98 Å². The first kappa shape index (κ1) is 13.0. The molecule has 1 aromatic heterocycles. The van der Waals surface area contributed by atoms with Gasteiger partial charge in [-0.05, 0) is 30.3 Å². The van der Waals surface area contributed by atoms with Crippen LogP contribution in [0.1, 0.15) is 10.4 Å². The Bertz CT molecular complexity index is 589. The highest BCUT2D eigenvalue weighted by atomic mass is 79.9. The van der Waals surface area contributed by atoms with Crippen molar-refractivity contribution in [1.29, 1.82) is 0 Å². The van der Waals surface area contributed by atoms with Crippen LogP contribution in [0.2, 0.25) is 5.15 Å². The monoisotopic (exact) mass is 328 g/mol. The first-order chi connectivity index (χ1) is 8.56. The average Bonchev–Trinajstić information content (AvgIpc) is 2.34. The van der Waals surface area contributed by atoms with Crippen LogP contribution in [0.15, 0.2) is 41.0 Å². The summed E-state index contributed by atoms with van der Waals surface area (Å²) in [5.41, 5.74) is 0.406. The molecule has 1 aromatic carbocycles.